The lowest BCUT2D eigenvalue weighted by Gasteiger charge is -2.12. The Labute approximate surface area is 146 Å². The fourth-order valence-corrected chi connectivity index (χ4v) is 3.20. The van der Waals surface area contributed by atoms with Gasteiger partial charge < -0.3 is 4.98 Å². The monoisotopic (exact) mass is 329 g/mol. The van der Waals surface area contributed by atoms with E-state index in [0.717, 1.165) is 27.7 Å². The third-order valence-electron chi connectivity index (χ3n) is 4.71. The number of aryl methyl sites for hydroxylation is 1. The molecule has 3 aromatic rings. The van der Waals surface area contributed by atoms with Crippen LogP contribution in [0.3, 0.4) is 0 Å². The molecule has 1 amide bonds. The molecule has 0 radical (unpaired) electrons. The van der Waals surface area contributed by atoms with Crippen LogP contribution in [0.1, 0.15) is 29.5 Å². The highest BCUT2D eigenvalue weighted by atomic mass is 16.2. The number of hydrogen-bond acceptors (Lipinski definition) is 2. The van der Waals surface area contributed by atoms with E-state index in [9.17, 15) is 4.79 Å². The maximum absolute atomic E-state index is 12.3. The van der Waals surface area contributed by atoms with E-state index in [-0.39, 0.29) is 11.8 Å². The number of H-pyrrole nitrogens is 1. The molecule has 4 heteroatoms. The second-order valence-electron chi connectivity index (χ2n) is 6.42. The topological polar surface area (TPSA) is 57.2 Å². The summed E-state index contributed by atoms with van der Waals surface area (Å²) in [6.45, 7) is 4.14. The highest BCUT2D eigenvalue weighted by Crippen LogP contribution is 2.27. The molecule has 0 aliphatic carbocycles. The zero-order chi connectivity index (χ0) is 17.4. The van der Waals surface area contributed by atoms with E-state index in [2.05, 4.69) is 53.6 Å². The summed E-state index contributed by atoms with van der Waals surface area (Å²) in [4.78, 5) is 15.6. The van der Waals surface area contributed by atoms with Crippen molar-refractivity contribution in [1.82, 2.24) is 10.4 Å². The standard InChI is InChI=1S/C21H19N3O/c1-13-7-9-15(10-8-13)14(2)20-18(21(25)24-23-20)11-16-12-22-19-6-4-3-5-17(16)19/h3-12,14,22H,1-2H3,(H,24,25)/b18-11-. The zero-order valence-electron chi connectivity index (χ0n) is 14.2. The van der Waals surface area contributed by atoms with Crippen molar-refractivity contribution in [2.45, 2.75) is 19.8 Å². The molecular formula is C21H19N3O. The molecule has 0 fully saturated rings. The maximum atomic E-state index is 12.3. The zero-order valence-corrected chi connectivity index (χ0v) is 14.2. The molecule has 1 atom stereocenters. The van der Waals surface area contributed by atoms with Crippen LogP contribution >= 0.6 is 0 Å². The van der Waals surface area contributed by atoms with E-state index in [0.29, 0.717) is 5.57 Å². The Hall–Kier alpha value is -3.14. The first kappa shape index (κ1) is 15.4. The number of carbonyl (C=O) groups excluding carboxylic acids is 1. The number of hydrazone groups is 1. The van der Waals surface area contributed by atoms with Crippen molar-refractivity contribution in [1.29, 1.82) is 0 Å². The minimum absolute atomic E-state index is 0.0380. The minimum atomic E-state index is -0.153. The largest absolute Gasteiger partial charge is 0.361 e. The summed E-state index contributed by atoms with van der Waals surface area (Å²) in [5, 5.41) is 5.39. The molecule has 0 bridgehead atoms. The lowest BCUT2D eigenvalue weighted by atomic mass is 9.90. The van der Waals surface area contributed by atoms with Crippen LogP contribution in [-0.4, -0.2) is 16.6 Å². The van der Waals surface area contributed by atoms with Gasteiger partial charge in [-0.2, -0.15) is 5.10 Å². The molecule has 1 aliphatic heterocycles. The number of rotatable bonds is 3. The molecule has 25 heavy (non-hydrogen) atoms. The van der Waals surface area contributed by atoms with Gasteiger partial charge in [-0.25, -0.2) is 5.43 Å². The molecule has 0 saturated carbocycles. The number of para-hydroxylation sites is 1. The number of carbonyl (C=O) groups is 1. The van der Waals surface area contributed by atoms with Gasteiger partial charge >= 0.3 is 0 Å². The van der Waals surface area contributed by atoms with E-state index in [1.807, 2.05) is 36.5 Å². The molecule has 2 N–H and O–H groups in total. The van der Waals surface area contributed by atoms with E-state index in [1.165, 1.54) is 5.56 Å². The van der Waals surface area contributed by atoms with Crippen LogP contribution in [0.4, 0.5) is 0 Å². The van der Waals surface area contributed by atoms with Crippen LogP contribution in [0.2, 0.25) is 0 Å². The Morgan fingerprint density at radius 2 is 1.84 bits per heavy atom. The summed E-state index contributed by atoms with van der Waals surface area (Å²) in [6, 6.07) is 16.4. The minimum Gasteiger partial charge on any atom is -0.361 e. The second kappa shape index (κ2) is 6.06. The molecule has 1 aliphatic rings. The van der Waals surface area contributed by atoms with Crippen LogP contribution in [0.25, 0.3) is 17.0 Å². The van der Waals surface area contributed by atoms with Crippen molar-refractivity contribution in [3.8, 4) is 0 Å². The molecule has 2 aromatic carbocycles. The number of nitrogens with one attached hydrogen (secondary N) is 2. The van der Waals surface area contributed by atoms with E-state index in [1.54, 1.807) is 0 Å². The molecule has 0 spiro atoms. The Kier molecular flexibility index (Phi) is 3.73. The molecule has 1 unspecified atom stereocenters. The third-order valence-corrected chi connectivity index (χ3v) is 4.71. The smallest absolute Gasteiger partial charge is 0.273 e. The number of hydrogen-bond donors (Lipinski definition) is 2. The number of fused-ring (bicyclic) bond motifs is 1. The first-order valence-corrected chi connectivity index (χ1v) is 8.36. The molecular weight excluding hydrogens is 310 g/mol. The normalized spacial score (nSPS) is 17.0. The van der Waals surface area contributed by atoms with E-state index >= 15 is 0 Å². The average molecular weight is 329 g/mol. The van der Waals surface area contributed by atoms with Crippen molar-refractivity contribution in [3.63, 3.8) is 0 Å². The predicted octanol–water partition coefficient (Wildman–Crippen LogP) is 4.15. The van der Waals surface area contributed by atoms with Gasteiger partial charge in [0, 0.05) is 28.6 Å². The Morgan fingerprint density at radius 3 is 2.64 bits per heavy atom. The number of benzene rings is 2. The Morgan fingerprint density at radius 1 is 1.08 bits per heavy atom. The van der Waals surface area contributed by atoms with Crippen LogP contribution in [0.5, 0.6) is 0 Å². The molecule has 4 rings (SSSR count). The second-order valence-corrected chi connectivity index (χ2v) is 6.42. The lowest BCUT2D eigenvalue weighted by molar-refractivity contribution is -0.116. The van der Waals surface area contributed by atoms with Gasteiger partial charge in [0.25, 0.3) is 5.91 Å². The highest BCUT2D eigenvalue weighted by Gasteiger charge is 2.28. The van der Waals surface area contributed by atoms with Gasteiger partial charge in [0.15, 0.2) is 0 Å². The summed E-state index contributed by atoms with van der Waals surface area (Å²) in [6.07, 6.45) is 3.85. The SMILES string of the molecule is Cc1ccc(C(C)C2=NNC(=O)/C2=C\c2c[nH]c3ccccc23)cc1. The lowest BCUT2D eigenvalue weighted by Crippen LogP contribution is -2.15. The number of nitrogens with zero attached hydrogens (tertiary/aromatic N) is 1. The van der Waals surface area contributed by atoms with Gasteiger partial charge in [0.2, 0.25) is 0 Å². The number of amides is 1. The van der Waals surface area contributed by atoms with Crippen molar-refractivity contribution in [3.05, 3.63) is 77.0 Å². The number of aromatic nitrogens is 1. The predicted molar refractivity (Wildman–Crippen MR) is 101 cm³/mol. The van der Waals surface area contributed by atoms with Crippen LogP contribution in [0.15, 0.2) is 65.4 Å². The van der Waals surface area contributed by atoms with E-state index in [4.69, 9.17) is 0 Å². The van der Waals surface area contributed by atoms with Gasteiger partial charge in [-0.3, -0.25) is 4.79 Å². The molecule has 1 aromatic heterocycles. The molecule has 0 saturated heterocycles. The van der Waals surface area contributed by atoms with Gasteiger partial charge in [0.1, 0.15) is 0 Å². The molecule has 2 heterocycles. The molecule has 4 nitrogen and oxygen atoms in total. The van der Waals surface area contributed by atoms with Crippen molar-refractivity contribution in [2.24, 2.45) is 5.10 Å². The van der Waals surface area contributed by atoms with Gasteiger partial charge in [-0.15, -0.1) is 0 Å². The Bertz CT molecular complexity index is 1010. The number of aromatic amines is 1. The first-order valence-electron chi connectivity index (χ1n) is 8.36. The van der Waals surface area contributed by atoms with Crippen LogP contribution < -0.4 is 5.43 Å². The summed E-state index contributed by atoms with van der Waals surface area (Å²) in [5.74, 6) is -0.116. The van der Waals surface area contributed by atoms with Gasteiger partial charge in [-0.05, 0) is 24.6 Å². The van der Waals surface area contributed by atoms with E-state index < -0.39 is 0 Å². The third kappa shape index (κ3) is 2.76. The van der Waals surface area contributed by atoms with Crippen molar-refractivity contribution in [2.75, 3.05) is 0 Å². The molecule has 124 valence electrons. The van der Waals surface area contributed by atoms with Crippen LogP contribution in [0, 0.1) is 6.92 Å². The fourth-order valence-electron chi connectivity index (χ4n) is 3.20. The Balaban J connectivity index is 1.73. The van der Waals surface area contributed by atoms with Gasteiger partial charge in [0.05, 0.1) is 11.3 Å². The summed E-state index contributed by atoms with van der Waals surface area (Å²) in [7, 11) is 0. The highest BCUT2D eigenvalue weighted by molar-refractivity contribution is 6.29. The fraction of sp³-hybridized carbons (Fsp3) is 0.143. The van der Waals surface area contributed by atoms with Crippen molar-refractivity contribution >= 4 is 28.6 Å². The van der Waals surface area contributed by atoms with Gasteiger partial charge in [-0.1, -0.05) is 55.0 Å². The quantitative estimate of drug-likeness (QED) is 0.697. The maximum Gasteiger partial charge on any atom is 0.273 e. The van der Waals surface area contributed by atoms with Crippen LogP contribution in [-0.2, 0) is 4.79 Å². The summed E-state index contributed by atoms with van der Waals surface area (Å²) in [5.41, 5.74) is 8.42. The summed E-state index contributed by atoms with van der Waals surface area (Å²) < 4.78 is 0. The van der Waals surface area contributed by atoms with Crippen molar-refractivity contribution < 1.29 is 4.79 Å². The first-order chi connectivity index (χ1) is 12.1. The summed E-state index contributed by atoms with van der Waals surface area (Å²) >= 11 is 0. The average Bonchev–Trinajstić information content (AvgIpc) is 3.20.